The topological polar surface area (TPSA) is 57.0 Å². The molecular weight excluding hydrogens is 362 g/mol. The average Bonchev–Trinajstić information content (AvgIpc) is 3.23. The minimum Gasteiger partial charge on any atom is -0.465 e. The Balaban J connectivity index is 1.90. The number of methoxy groups -OCH3 is 1. The van der Waals surface area contributed by atoms with Gasteiger partial charge in [0, 0.05) is 29.7 Å². The van der Waals surface area contributed by atoms with Crippen molar-refractivity contribution < 1.29 is 9.53 Å². The van der Waals surface area contributed by atoms with Gasteiger partial charge in [0.1, 0.15) is 0 Å². The lowest BCUT2D eigenvalue weighted by Crippen LogP contribution is -2.04. The fourth-order valence-electron chi connectivity index (χ4n) is 3.08. The van der Waals surface area contributed by atoms with E-state index in [9.17, 15) is 4.79 Å². The normalized spacial score (nSPS) is 11.3. The van der Waals surface area contributed by atoms with Crippen LogP contribution in [0, 0.1) is 0 Å². The molecule has 0 saturated carbocycles. The van der Waals surface area contributed by atoms with E-state index >= 15 is 0 Å². The summed E-state index contributed by atoms with van der Waals surface area (Å²) in [6.07, 6.45) is 7.03. The molecule has 0 aliphatic heterocycles. The van der Waals surface area contributed by atoms with Crippen LogP contribution in [0.2, 0.25) is 0 Å². The molecule has 0 atom stereocenters. The van der Waals surface area contributed by atoms with Crippen LogP contribution in [-0.4, -0.2) is 27.8 Å². The zero-order valence-electron chi connectivity index (χ0n) is 15.9. The third-order valence-electron chi connectivity index (χ3n) is 4.51. The lowest BCUT2D eigenvalue weighted by Gasteiger charge is -2.06. The summed E-state index contributed by atoms with van der Waals surface area (Å²) < 4.78 is 6.84. The van der Waals surface area contributed by atoms with Crippen molar-refractivity contribution in [1.82, 2.24) is 14.8 Å². The van der Waals surface area contributed by atoms with Crippen LogP contribution in [-0.2, 0) is 9.53 Å². The van der Waals surface area contributed by atoms with Crippen LogP contribution in [0.3, 0.4) is 0 Å². The Bertz CT molecular complexity index is 1130. The van der Waals surface area contributed by atoms with Crippen LogP contribution < -0.4 is 0 Å². The standard InChI is InChI=1S/C24H19N3O2/c1-29-24(28)22(18-12-14-25-15-13-18)16-20-17-27(21-10-6-3-7-11-21)26-23(20)19-8-4-2-5-9-19/h2-17H,1H3/b22-16-. The highest BCUT2D eigenvalue weighted by Crippen LogP contribution is 2.28. The van der Waals surface area contributed by atoms with E-state index in [-0.39, 0.29) is 0 Å². The summed E-state index contributed by atoms with van der Waals surface area (Å²) in [4.78, 5) is 16.5. The molecule has 0 saturated heterocycles. The first-order valence-corrected chi connectivity index (χ1v) is 9.17. The number of para-hydroxylation sites is 1. The second-order valence-electron chi connectivity index (χ2n) is 6.36. The van der Waals surface area contributed by atoms with Crippen LogP contribution >= 0.6 is 0 Å². The van der Waals surface area contributed by atoms with Crippen molar-refractivity contribution in [3.8, 4) is 16.9 Å². The molecule has 0 aliphatic rings. The van der Waals surface area contributed by atoms with Crippen molar-refractivity contribution in [3.05, 3.63) is 103 Å². The van der Waals surface area contributed by atoms with Gasteiger partial charge < -0.3 is 4.74 Å². The van der Waals surface area contributed by atoms with E-state index in [0.717, 1.165) is 28.1 Å². The number of rotatable bonds is 5. The largest absolute Gasteiger partial charge is 0.465 e. The number of carbonyl (C=O) groups is 1. The maximum Gasteiger partial charge on any atom is 0.338 e. The monoisotopic (exact) mass is 381 g/mol. The van der Waals surface area contributed by atoms with Crippen LogP contribution in [0.1, 0.15) is 11.1 Å². The molecule has 0 radical (unpaired) electrons. The van der Waals surface area contributed by atoms with Gasteiger partial charge in [-0.2, -0.15) is 5.10 Å². The molecule has 2 aromatic carbocycles. The van der Waals surface area contributed by atoms with Crippen LogP contribution in [0.4, 0.5) is 0 Å². The summed E-state index contributed by atoms with van der Waals surface area (Å²) in [5.74, 6) is -0.414. The Labute approximate surface area is 168 Å². The number of pyridine rings is 1. The summed E-state index contributed by atoms with van der Waals surface area (Å²) >= 11 is 0. The predicted octanol–water partition coefficient (Wildman–Crippen LogP) is 4.65. The van der Waals surface area contributed by atoms with Gasteiger partial charge in [0.2, 0.25) is 0 Å². The van der Waals surface area contributed by atoms with E-state index in [1.165, 1.54) is 7.11 Å². The van der Waals surface area contributed by atoms with Crippen molar-refractivity contribution in [3.63, 3.8) is 0 Å². The smallest absolute Gasteiger partial charge is 0.338 e. The number of hydrogen-bond donors (Lipinski definition) is 0. The number of ether oxygens (including phenoxy) is 1. The molecule has 2 heterocycles. The van der Waals surface area contributed by atoms with Gasteiger partial charge in [-0.15, -0.1) is 0 Å². The quantitative estimate of drug-likeness (QED) is 0.373. The van der Waals surface area contributed by atoms with E-state index in [1.807, 2.05) is 77.6 Å². The minimum absolute atomic E-state index is 0.414. The fraction of sp³-hybridized carbons (Fsp3) is 0.0417. The first-order chi connectivity index (χ1) is 14.3. The Morgan fingerprint density at radius 2 is 1.59 bits per heavy atom. The maximum absolute atomic E-state index is 12.5. The molecule has 0 N–H and O–H groups in total. The Morgan fingerprint density at radius 3 is 2.24 bits per heavy atom. The first-order valence-electron chi connectivity index (χ1n) is 9.17. The molecule has 4 aromatic rings. The molecule has 4 rings (SSSR count). The average molecular weight is 381 g/mol. The summed E-state index contributed by atoms with van der Waals surface area (Å²) in [5.41, 5.74) is 4.68. The number of carbonyl (C=O) groups excluding carboxylic acids is 1. The SMILES string of the molecule is COC(=O)/C(=C\c1cn(-c2ccccc2)nc1-c1ccccc1)c1ccncc1. The second-order valence-corrected chi connectivity index (χ2v) is 6.36. The Kier molecular flexibility index (Phi) is 5.29. The van der Waals surface area contributed by atoms with Crippen molar-refractivity contribution in [2.45, 2.75) is 0 Å². The van der Waals surface area contributed by atoms with Gasteiger partial charge in [-0.05, 0) is 35.9 Å². The molecule has 142 valence electrons. The molecule has 5 heteroatoms. The molecule has 29 heavy (non-hydrogen) atoms. The summed E-state index contributed by atoms with van der Waals surface area (Å²) in [6.45, 7) is 0. The van der Waals surface area contributed by atoms with E-state index < -0.39 is 5.97 Å². The van der Waals surface area contributed by atoms with Crippen molar-refractivity contribution in [2.24, 2.45) is 0 Å². The van der Waals surface area contributed by atoms with E-state index in [1.54, 1.807) is 24.5 Å². The lowest BCUT2D eigenvalue weighted by atomic mass is 10.0. The molecule has 0 bridgehead atoms. The third kappa shape index (κ3) is 3.99. The number of nitrogens with zero attached hydrogens (tertiary/aromatic N) is 3. The van der Waals surface area contributed by atoms with Crippen molar-refractivity contribution in [2.75, 3.05) is 7.11 Å². The molecule has 5 nitrogen and oxygen atoms in total. The van der Waals surface area contributed by atoms with E-state index in [0.29, 0.717) is 5.57 Å². The number of aromatic nitrogens is 3. The molecule has 0 aliphatic carbocycles. The zero-order chi connectivity index (χ0) is 20.1. The predicted molar refractivity (Wildman–Crippen MR) is 113 cm³/mol. The Hall–Kier alpha value is -3.99. The third-order valence-corrected chi connectivity index (χ3v) is 4.51. The van der Waals surface area contributed by atoms with Crippen molar-refractivity contribution >= 4 is 17.6 Å². The Morgan fingerprint density at radius 1 is 0.931 bits per heavy atom. The molecular formula is C24H19N3O2. The van der Waals surface area contributed by atoms with Gasteiger partial charge in [-0.3, -0.25) is 4.98 Å². The molecule has 0 amide bonds. The van der Waals surface area contributed by atoms with Gasteiger partial charge >= 0.3 is 5.97 Å². The molecule has 2 aromatic heterocycles. The highest BCUT2D eigenvalue weighted by atomic mass is 16.5. The van der Waals surface area contributed by atoms with Gasteiger partial charge in [0.15, 0.2) is 0 Å². The molecule has 0 spiro atoms. The second kappa shape index (κ2) is 8.35. The lowest BCUT2D eigenvalue weighted by molar-refractivity contribution is -0.133. The minimum atomic E-state index is -0.414. The van der Waals surface area contributed by atoms with Gasteiger partial charge in [0.05, 0.1) is 24.1 Å². The van der Waals surface area contributed by atoms with Crippen LogP contribution in [0.15, 0.2) is 91.4 Å². The summed E-state index contributed by atoms with van der Waals surface area (Å²) in [7, 11) is 1.38. The van der Waals surface area contributed by atoms with Gasteiger partial charge in [-0.25, -0.2) is 9.48 Å². The van der Waals surface area contributed by atoms with Crippen molar-refractivity contribution in [1.29, 1.82) is 0 Å². The van der Waals surface area contributed by atoms with Gasteiger partial charge in [-0.1, -0.05) is 48.5 Å². The van der Waals surface area contributed by atoms with Crippen LogP contribution in [0.5, 0.6) is 0 Å². The number of benzene rings is 2. The highest BCUT2D eigenvalue weighted by Gasteiger charge is 2.16. The zero-order valence-corrected chi connectivity index (χ0v) is 15.9. The fourth-order valence-corrected chi connectivity index (χ4v) is 3.08. The summed E-state index contributed by atoms with van der Waals surface area (Å²) in [5, 5.41) is 4.79. The first kappa shape index (κ1) is 18.4. The maximum atomic E-state index is 12.5. The molecule has 0 unspecified atom stereocenters. The molecule has 0 fully saturated rings. The van der Waals surface area contributed by atoms with Gasteiger partial charge in [0.25, 0.3) is 0 Å². The highest BCUT2D eigenvalue weighted by molar-refractivity contribution is 6.21. The van der Waals surface area contributed by atoms with Crippen LogP contribution in [0.25, 0.3) is 28.6 Å². The number of esters is 1. The summed E-state index contributed by atoms with van der Waals surface area (Å²) in [6, 6.07) is 23.3. The number of hydrogen-bond acceptors (Lipinski definition) is 4. The van der Waals surface area contributed by atoms with E-state index in [4.69, 9.17) is 9.84 Å². The van der Waals surface area contributed by atoms with E-state index in [2.05, 4.69) is 4.98 Å².